The van der Waals surface area contributed by atoms with E-state index in [-0.39, 0.29) is 6.04 Å². The van der Waals surface area contributed by atoms with Crippen LogP contribution in [0.25, 0.3) is 77.1 Å². The number of hydrogen-bond acceptors (Lipinski definition) is 5. The van der Waals surface area contributed by atoms with Crippen molar-refractivity contribution in [3.63, 3.8) is 0 Å². The van der Waals surface area contributed by atoms with E-state index in [1.54, 1.807) is 0 Å². The first-order valence-electron chi connectivity index (χ1n) is 17.1. The molecule has 1 unspecified atom stereocenters. The minimum absolute atomic E-state index is 0.172. The minimum Gasteiger partial charge on any atom is -0.378 e. The lowest BCUT2D eigenvalue weighted by molar-refractivity contribution is 0.669. The highest BCUT2D eigenvalue weighted by atomic mass is 14.9. The minimum atomic E-state index is 0.172. The third-order valence-corrected chi connectivity index (χ3v) is 10.1. The Morgan fingerprint density at radius 2 is 1.32 bits per heavy atom. The highest BCUT2D eigenvalue weighted by Crippen LogP contribution is 2.41. The molecule has 5 nitrogen and oxygen atoms in total. The van der Waals surface area contributed by atoms with Gasteiger partial charge < -0.3 is 5.32 Å². The van der Waals surface area contributed by atoms with Crippen LogP contribution in [0.1, 0.15) is 23.6 Å². The first-order valence-corrected chi connectivity index (χ1v) is 17.1. The van der Waals surface area contributed by atoms with Crippen LogP contribution in [-0.2, 0) is 6.42 Å². The maximum absolute atomic E-state index is 5.15. The van der Waals surface area contributed by atoms with Crippen molar-refractivity contribution in [1.82, 2.24) is 19.9 Å². The lowest BCUT2D eigenvalue weighted by Crippen LogP contribution is -2.18. The summed E-state index contributed by atoms with van der Waals surface area (Å²) in [6, 6.07) is 47.3. The molecule has 5 heteroatoms. The molecule has 0 fully saturated rings. The summed E-state index contributed by atoms with van der Waals surface area (Å²) in [6.45, 7) is 0. The van der Waals surface area contributed by atoms with Crippen molar-refractivity contribution in [3.05, 3.63) is 163 Å². The first-order chi connectivity index (χ1) is 24.7. The van der Waals surface area contributed by atoms with E-state index in [1.807, 2.05) is 30.7 Å². The number of nitrogens with zero attached hydrogens (tertiary/aromatic N) is 4. The molecule has 10 rings (SSSR count). The fourth-order valence-electron chi connectivity index (χ4n) is 7.54. The molecule has 50 heavy (non-hydrogen) atoms. The lowest BCUT2D eigenvalue weighted by Gasteiger charge is -2.29. The summed E-state index contributed by atoms with van der Waals surface area (Å²) in [5.41, 5.74) is 11.9. The molecule has 1 aliphatic heterocycles. The number of aromatic nitrogens is 4. The second kappa shape index (κ2) is 11.6. The molecule has 0 amide bonds. The van der Waals surface area contributed by atoms with Gasteiger partial charge in [-0.2, -0.15) is 0 Å². The highest BCUT2D eigenvalue weighted by Gasteiger charge is 2.24. The first kappa shape index (κ1) is 28.5. The second-order valence-corrected chi connectivity index (χ2v) is 13.1. The SMILES string of the molecule is c1ccc2c(c1)CCC(c1cc3ccncc3cc1-c1nccc3cc(-c4ccc5ccc(-c6ccc7ccccc7n6)cc5n4)ccc13)N2. The van der Waals surface area contributed by atoms with Gasteiger partial charge in [0.15, 0.2) is 0 Å². The summed E-state index contributed by atoms with van der Waals surface area (Å²) in [5, 5.41) is 10.6. The summed E-state index contributed by atoms with van der Waals surface area (Å²) in [4.78, 5) is 19.5. The van der Waals surface area contributed by atoms with Crippen LogP contribution in [0.5, 0.6) is 0 Å². The van der Waals surface area contributed by atoms with E-state index in [0.29, 0.717) is 0 Å². The third kappa shape index (κ3) is 4.94. The van der Waals surface area contributed by atoms with Gasteiger partial charge in [-0.05, 0) is 95.4 Å². The Labute approximate surface area is 289 Å². The number of aryl methyl sites for hydroxylation is 1. The van der Waals surface area contributed by atoms with E-state index >= 15 is 0 Å². The Hall–Kier alpha value is -6.46. The predicted molar refractivity (Wildman–Crippen MR) is 205 cm³/mol. The highest BCUT2D eigenvalue weighted by molar-refractivity contribution is 6.00. The smallest absolute Gasteiger partial charge is 0.0784 e. The van der Waals surface area contributed by atoms with E-state index in [2.05, 4.69) is 132 Å². The maximum atomic E-state index is 5.15. The summed E-state index contributed by atoms with van der Waals surface area (Å²) >= 11 is 0. The zero-order valence-corrected chi connectivity index (χ0v) is 27.2. The van der Waals surface area contributed by atoms with E-state index in [9.17, 15) is 0 Å². The molecule has 236 valence electrons. The van der Waals surface area contributed by atoms with Crippen LogP contribution in [0.4, 0.5) is 5.69 Å². The predicted octanol–water partition coefficient (Wildman–Crippen LogP) is 11.0. The largest absolute Gasteiger partial charge is 0.378 e. The molecular formula is C45H31N5. The van der Waals surface area contributed by atoms with Crippen LogP contribution in [0.2, 0.25) is 0 Å². The van der Waals surface area contributed by atoms with E-state index < -0.39 is 0 Å². The molecular weight excluding hydrogens is 611 g/mol. The molecule has 5 heterocycles. The normalized spacial score (nSPS) is 14.2. The molecule has 0 spiro atoms. The number of para-hydroxylation sites is 2. The summed E-state index contributed by atoms with van der Waals surface area (Å²) in [6.07, 6.45) is 7.80. The van der Waals surface area contributed by atoms with Crippen molar-refractivity contribution < 1.29 is 0 Å². The van der Waals surface area contributed by atoms with Crippen LogP contribution in [0, 0.1) is 0 Å². The number of benzene rings is 5. The van der Waals surface area contributed by atoms with Crippen molar-refractivity contribution in [3.8, 4) is 33.8 Å². The molecule has 1 aliphatic rings. The number of pyridine rings is 4. The molecule has 1 N–H and O–H groups in total. The third-order valence-electron chi connectivity index (χ3n) is 10.1. The average molecular weight is 642 g/mol. The fourth-order valence-corrected chi connectivity index (χ4v) is 7.54. The van der Waals surface area contributed by atoms with Gasteiger partial charge in [-0.15, -0.1) is 0 Å². The van der Waals surface area contributed by atoms with Crippen molar-refractivity contribution in [2.45, 2.75) is 18.9 Å². The average Bonchev–Trinajstić information content (AvgIpc) is 3.19. The Bertz CT molecular complexity index is 2770. The molecule has 0 saturated carbocycles. The Balaban J connectivity index is 1.05. The zero-order valence-electron chi connectivity index (χ0n) is 27.2. The quantitative estimate of drug-likeness (QED) is 0.207. The van der Waals surface area contributed by atoms with Gasteiger partial charge in [0.1, 0.15) is 0 Å². The van der Waals surface area contributed by atoms with Gasteiger partial charge in [0, 0.05) is 62.5 Å². The standard InChI is InChI=1S/C45H31N5/c1-3-7-39-28(5-1)12-16-42(48-39)34-10-9-30-13-17-41(50-44(30)26-34)33-11-15-36-32(23-33)20-22-47-45(36)38-25-35-27-46-21-19-31(35)24-37(38)43-18-14-29-6-2-4-8-40(29)49-43/h1-13,15-17,19-27,43,49H,14,18H2. The lowest BCUT2D eigenvalue weighted by atomic mass is 9.87. The monoisotopic (exact) mass is 641 g/mol. The Morgan fingerprint density at radius 3 is 2.26 bits per heavy atom. The molecule has 0 bridgehead atoms. The number of rotatable bonds is 4. The molecule has 0 aliphatic carbocycles. The van der Waals surface area contributed by atoms with Crippen LogP contribution in [0.15, 0.2) is 152 Å². The van der Waals surface area contributed by atoms with Crippen molar-refractivity contribution >= 4 is 49.0 Å². The Morgan fingerprint density at radius 1 is 0.560 bits per heavy atom. The van der Waals surface area contributed by atoms with Crippen LogP contribution in [-0.4, -0.2) is 19.9 Å². The van der Waals surface area contributed by atoms with Gasteiger partial charge in [-0.3, -0.25) is 9.97 Å². The van der Waals surface area contributed by atoms with Crippen molar-refractivity contribution in [1.29, 1.82) is 0 Å². The molecule has 0 radical (unpaired) electrons. The summed E-state index contributed by atoms with van der Waals surface area (Å²) in [7, 11) is 0. The van der Waals surface area contributed by atoms with Gasteiger partial charge in [0.2, 0.25) is 0 Å². The van der Waals surface area contributed by atoms with Crippen LogP contribution < -0.4 is 5.32 Å². The van der Waals surface area contributed by atoms with E-state index in [4.69, 9.17) is 15.0 Å². The summed E-state index contributed by atoms with van der Waals surface area (Å²) in [5.74, 6) is 0. The molecule has 4 aromatic heterocycles. The maximum Gasteiger partial charge on any atom is 0.0784 e. The van der Waals surface area contributed by atoms with Gasteiger partial charge in [-0.25, -0.2) is 9.97 Å². The molecule has 5 aromatic carbocycles. The van der Waals surface area contributed by atoms with Crippen molar-refractivity contribution in [2.24, 2.45) is 0 Å². The van der Waals surface area contributed by atoms with Gasteiger partial charge in [0.05, 0.1) is 34.2 Å². The number of anilines is 1. The fraction of sp³-hybridized carbons (Fsp3) is 0.0667. The van der Waals surface area contributed by atoms with E-state index in [1.165, 1.54) is 22.2 Å². The number of hydrogen-bond donors (Lipinski definition) is 1. The van der Waals surface area contributed by atoms with Gasteiger partial charge >= 0.3 is 0 Å². The summed E-state index contributed by atoms with van der Waals surface area (Å²) < 4.78 is 0. The molecule has 9 aromatic rings. The van der Waals surface area contributed by atoms with Gasteiger partial charge in [-0.1, -0.05) is 72.8 Å². The number of fused-ring (bicyclic) bond motifs is 5. The number of nitrogens with one attached hydrogen (secondary N) is 1. The zero-order chi connectivity index (χ0) is 33.0. The van der Waals surface area contributed by atoms with Crippen molar-refractivity contribution in [2.75, 3.05) is 5.32 Å². The van der Waals surface area contributed by atoms with E-state index in [0.717, 1.165) is 84.6 Å². The van der Waals surface area contributed by atoms with Crippen LogP contribution in [0.3, 0.4) is 0 Å². The topological polar surface area (TPSA) is 63.6 Å². The molecule has 0 saturated heterocycles. The second-order valence-electron chi connectivity index (χ2n) is 13.1. The molecule has 1 atom stereocenters. The Kier molecular flexibility index (Phi) is 6.62. The van der Waals surface area contributed by atoms with Gasteiger partial charge in [0.25, 0.3) is 0 Å². The van der Waals surface area contributed by atoms with Crippen LogP contribution >= 0.6 is 0 Å².